The summed E-state index contributed by atoms with van der Waals surface area (Å²) in [5.41, 5.74) is 2.63. The Bertz CT molecular complexity index is 891. The van der Waals surface area contributed by atoms with Gasteiger partial charge in [-0.2, -0.15) is 0 Å². The number of aliphatic carboxylic acids is 1. The molecule has 0 saturated heterocycles. The van der Waals surface area contributed by atoms with E-state index in [9.17, 15) is 4.79 Å². The van der Waals surface area contributed by atoms with Crippen molar-refractivity contribution < 1.29 is 19.4 Å². The van der Waals surface area contributed by atoms with Crippen LogP contribution in [0.2, 0.25) is 0 Å². The van der Waals surface area contributed by atoms with Crippen molar-refractivity contribution in [3.8, 4) is 22.9 Å². The number of carboxylic acids is 1. The van der Waals surface area contributed by atoms with E-state index >= 15 is 0 Å². The largest absolute Gasteiger partial charge is 0.495 e. The highest BCUT2D eigenvalue weighted by Crippen LogP contribution is 2.41. The van der Waals surface area contributed by atoms with E-state index in [1.807, 2.05) is 24.3 Å². The molecular formula is C18H16N2O4. The number of carbonyl (C=O) groups is 1. The van der Waals surface area contributed by atoms with Crippen LogP contribution in [0.15, 0.2) is 42.6 Å². The first kappa shape index (κ1) is 15.7. The molecule has 3 rings (SSSR count). The minimum Gasteiger partial charge on any atom is -0.495 e. The Kier molecular flexibility index (Phi) is 4.29. The number of methoxy groups -OCH3 is 2. The molecule has 1 N–H and O–H groups in total. The van der Waals surface area contributed by atoms with Crippen LogP contribution >= 0.6 is 0 Å². The second-order valence-corrected chi connectivity index (χ2v) is 5.17. The molecule has 0 atom stereocenters. The van der Waals surface area contributed by atoms with Crippen LogP contribution in [-0.2, 0) is 11.2 Å². The van der Waals surface area contributed by atoms with Gasteiger partial charge in [-0.3, -0.25) is 9.78 Å². The maximum Gasteiger partial charge on any atom is 0.307 e. The van der Waals surface area contributed by atoms with Crippen LogP contribution in [0, 0.1) is 0 Å². The molecule has 0 fully saturated rings. The molecule has 0 unspecified atom stereocenters. The maximum atomic E-state index is 10.8. The Morgan fingerprint density at radius 2 is 1.92 bits per heavy atom. The average molecular weight is 324 g/mol. The van der Waals surface area contributed by atoms with Gasteiger partial charge in [-0.15, -0.1) is 0 Å². The van der Waals surface area contributed by atoms with E-state index in [-0.39, 0.29) is 6.42 Å². The van der Waals surface area contributed by atoms with Crippen LogP contribution in [0.3, 0.4) is 0 Å². The number of rotatable bonds is 5. The Balaban J connectivity index is 2.18. The lowest BCUT2D eigenvalue weighted by atomic mass is 10.1. The van der Waals surface area contributed by atoms with E-state index in [1.54, 1.807) is 26.4 Å². The average Bonchev–Trinajstić information content (AvgIpc) is 2.60. The van der Waals surface area contributed by atoms with Crippen molar-refractivity contribution in [1.29, 1.82) is 0 Å². The normalized spacial score (nSPS) is 10.6. The predicted octanol–water partition coefficient (Wildman–Crippen LogP) is 2.94. The Labute approximate surface area is 138 Å². The fraction of sp³-hybridized carbons (Fsp3) is 0.167. The molecular weight excluding hydrogens is 308 g/mol. The highest BCUT2D eigenvalue weighted by atomic mass is 16.5. The zero-order chi connectivity index (χ0) is 17.1. The summed E-state index contributed by atoms with van der Waals surface area (Å²) >= 11 is 0. The lowest BCUT2D eigenvalue weighted by Gasteiger charge is -2.14. The number of benzene rings is 1. The van der Waals surface area contributed by atoms with Crippen LogP contribution < -0.4 is 9.47 Å². The van der Waals surface area contributed by atoms with Crippen molar-refractivity contribution in [3.05, 3.63) is 48.2 Å². The Morgan fingerprint density at radius 3 is 2.54 bits per heavy atom. The van der Waals surface area contributed by atoms with E-state index in [0.29, 0.717) is 28.5 Å². The molecule has 0 amide bonds. The molecule has 6 heteroatoms. The van der Waals surface area contributed by atoms with Crippen LogP contribution in [0.5, 0.6) is 11.6 Å². The van der Waals surface area contributed by atoms with Gasteiger partial charge in [0.2, 0.25) is 5.88 Å². The highest BCUT2D eigenvalue weighted by molar-refractivity contribution is 5.94. The van der Waals surface area contributed by atoms with Crippen LogP contribution in [0.1, 0.15) is 5.56 Å². The Hall–Kier alpha value is -3.15. The molecule has 0 aliphatic carbocycles. The van der Waals surface area contributed by atoms with Crippen molar-refractivity contribution >= 4 is 16.9 Å². The van der Waals surface area contributed by atoms with E-state index in [2.05, 4.69) is 9.97 Å². The quantitative estimate of drug-likeness (QED) is 0.777. The van der Waals surface area contributed by atoms with Gasteiger partial charge >= 0.3 is 5.97 Å². The molecule has 2 heterocycles. The van der Waals surface area contributed by atoms with E-state index in [4.69, 9.17) is 14.6 Å². The number of para-hydroxylation sites is 1. The number of hydrogen-bond acceptors (Lipinski definition) is 5. The van der Waals surface area contributed by atoms with E-state index in [0.717, 1.165) is 10.9 Å². The number of carboxylic acid groups (broad SMARTS) is 1. The second kappa shape index (κ2) is 6.54. The number of pyridine rings is 2. The van der Waals surface area contributed by atoms with Gasteiger partial charge in [0.05, 0.1) is 31.9 Å². The summed E-state index contributed by atoms with van der Waals surface area (Å²) < 4.78 is 11.0. The lowest BCUT2D eigenvalue weighted by molar-refractivity contribution is -0.136. The highest BCUT2D eigenvalue weighted by Gasteiger charge is 2.19. The van der Waals surface area contributed by atoms with Crippen LogP contribution in [0.25, 0.3) is 22.2 Å². The summed E-state index contributed by atoms with van der Waals surface area (Å²) in [6.45, 7) is 0. The van der Waals surface area contributed by atoms with Gasteiger partial charge in [-0.25, -0.2) is 4.98 Å². The fourth-order valence-corrected chi connectivity index (χ4v) is 2.60. The summed E-state index contributed by atoms with van der Waals surface area (Å²) in [6.07, 6.45) is 1.47. The Morgan fingerprint density at radius 1 is 1.12 bits per heavy atom. The fourth-order valence-electron chi connectivity index (χ4n) is 2.60. The first-order chi connectivity index (χ1) is 11.6. The smallest absolute Gasteiger partial charge is 0.307 e. The molecule has 0 aliphatic heterocycles. The third kappa shape index (κ3) is 2.86. The van der Waals surface area contributed by atoms with Crippen LogP contribution in [0.4, 0.5) is 0 Å². The molecule has 0 spiro atoms. The van der Waals surface area contributed by atoms with Crippen molar-refractivity contribution in [2.75, 3.05) is 14.2 Å². The van der Waals surface area contributed by atoms with Crippen molar-refractivity contribution in [2.24, 2.45) is 0 Å². The molecule has 24 heavy (non-hydrogen) atoms. The summed E-state index contributed by atoms with van der Waals surface area (Å²) in [4.78, 5) is 19.7. The van der Waals surface area contributed by atoms with Crippen molar-refractivity contribution in [1.82, 2.24) is 9.97 Å². The first-order valence-corrected chi connectivity index (χ1v) is 7.32. The standard InChI is InChI=1S/C18H16N2O4/c1-23-17-12-5-3-4-6-13(12)20-18(24-2)16(17)14-8-7-11(10-19-14)9-15(21)22/h3-8,10H,9H2,1-2H3,(H,21,22). The number of hydrogen-bond donors (Lipinski definition) is 1. The van der Waals surface area contributed by atoms with Crippen molar-refractivity contribution in [3.63, 3.8) is 0 Å². The van der Waals surface area contributed by atoms with Gasteiger partial charge in [0.15, 0.2) is 0 Å². The molecule has 2 aromatic heterocycles. The van der Waals surface area contributed by atoms with Crippen molar-refractivity contribution in [2.45, 2.75) is 6.42 Å². The second-order valence-electron chi connectivity index (χ2n) is 5.17. The molecule has 0 saturated carbocycles. The first-order valence-electron chi connectivity index (χ1n) is 7.32. The monoisotopic (exact) mass is 324 g/mol. The van der Waals surface area contributed by atoms with Gasteiger partial charge < -0.3 is 14.6 Å². The minimum atomic E-state index is -0.896. The molecule has 0 aliphatic rings. The zero-order valence-corrected chi connectivity index (χ0v) is 13.3. The SMILES string of the molecule is COc1nc2ccccc2c(OC)c1-c1ccc(CC(=O)O)cn1. The third-order valence-electron chi connectivity index (χ3n) is 3.65. The lowest BCUT2D eigenvalue weighted by Crippen LogP contribution is -2.02. The summed E-state index contributed by atoms with van der Waals surface area (Å²) in [6, 6.07) is 11.1. The van der Waals surface area contributed by atoms with Gasteiger partial charge in [0, 0.05) is 11.6 Å². The summed E-state index contributed by atoms with van der Waals surface area (Å²) in [5.74, 6) is 0.132. The van der Waals surface area contributed by atoms with E-state index < -0.39 is 5.97 Å². The van der Waals surface area contributed by atoms with Crippen LogP contribution in [-0.4, -0.2) is 35.3 Å². The number of ether oxygens (including phenoxy) is 2. The number of aromatic nitrogens is 2. The molecule has 0 radical (unpaired) electrons. The topological polar surface area (TPSA) is 81.5 Å². The zero-order valence-electron chi connectivity index (χ0n) is 13.3. The molecule has 1 aromatic carbocycles. The molecule has 6 nitrogen and oxygen atoms in total. The number of fused-ring (bicyclic) bond motifs is 1. The number of nitrogens with zero attached hydrogens (tertiary/aromatic N) is 2. The van der Waals surface area contributed by atoms with E-state index in [1.165, 1.54) is 6.20 Å². The molecule has 0 bridgehead atoms. The summed E-state index contributed by atoms with van der Waals surface area (Å²) in [7, 11) is 3.13. The maximum absolute atomic E-state index is 10.8. The molecule has 122 valence electrons. The minimum absolute atomic E-state index is 0.0719. The van der Waals surface area contributed by atoms with Gasteiger partial charge in [0.1, 0.15) is 11.3 Å². The van der Waals surface area contributed by atoms with Gasteiger partial charge in [-0.1, -0.05) is 18.2 Å². The molecule has 3 aromatic rings. The van der Waals surface area contributed by atoms with Gasteiger partial charge in [0.25, 0.3) is 0 Å². The predicted molar refractivity (Wildman–Crippen MR) is 89.4 cm³/mol. The third-order valence-corrected chi connectivity index (χ3v) is 3.65. The summed E-state index contributed by atoms with van der Waals surface area (Å²) in [5, 5.41) is 9.71. The van der Waals surface area contributed by atoms with Gasteiger partial charge in [-0.05, 0) is 23.8 Å².